The fourth-order valence-electron chi connectivity index (χ4n) is 3.05. The second kappa shape index (κ2) is 6.98. The zero-order chi connectivity index (χ0) is 17.3. The summed E-state index contributed by atoms with van der Waals surface area (Å²) in [6.07, 6.45) is 0. The fraction of sp³-hybridized carbons (Fsp3) is 0.278. The van der Waals surface area contributed by atoms with Gasteiger partial charge in [-0.1, -0.05) is 47.5 Å². The summed E-state index contributed by atoms with van der Waals surface area (Å²) in [7, 11) is 1.55. The van der Waals surface area contributed by atoms with Gasteiger partial charge in [0.05, 0.1) is 23.2 Å². The summed E-state index contributed by atoms with van der Waals surface area (Å²) in [5.74, 6) is 0.449. The molecular weight excluding hydrogens is 350 g/mol. The van der Waals surface area contributed by atoms with Crippen LogP contribution in [0.1, 0.15) is 11.5 Å². The Kier molecular flexibility index (Phi) is 4.96. The number of nitriles is 1. The van der Waals surface area contributed by atoms with Crippen LogP contribution in [-0.4, -0.2) is 25.9 Å². The molecule has 0 amide bonds. The number of nitrogens with one attached hydrogen (secondary N) is 1. The van der Waals surface area contributed by atoms with Crippen LogP contribution in [0.2, 0.25) is 10.0 Å². The van der Waals surface area contributed by atoms with Crippen molar-refractivity contribution < 1.29 is 9.13 Å². The van der Waals surface area contributed by atoms with Gasteiger partial charge in [0.15, 0.2) is 0 Å². The van der Waals surface area contributed by atoms with Crippen molar-refractivity contribution in [3.05, 3.63) is 52.0 Å². The maximum Gasteiger partial charge on any atom is 0.121 e. The first kappa shape index (κ1) is 17.0. The fourth-order valence-corrected chi connectivity index (χ4v) is 3.74. The summed E-state index contributed by atoms with van der Waals surface area (Å²) in [5, 5.41) is 13.0. The zero-order valence-corrected chi connectivity index (χ0v) is 14.4. The highest BCUT2D eigenvalue weighted by Crippen LogP contribution is 2.39. The lowest BCUT2D eigenvalue weighted by molar-refractivity contribution is 0.210. The number of alkyl halides is 1. The Bertz CT molecular complexity index is 766. The van der Waals surface area contributed by atoms with Crippen LogP contribution in [0.3, 0.4) is 0 Å². The summed E-state index contributed by atoms with van der Waals surface area (Å²) in [6, 6.07) is 12.5. The van der Waals surface area contributed by atoms with E-state index in [0.717, 1.165) is 16.7 Å². The van der Waals surface area contributed by atoms with E-state index in [4.69, 9.17) is 33.2 Å². The maximum atomic E-state index is 13.0. The molecule has 2 aromatic carbocycles. The molecule has 3 nitrogen and oxygen atoms in total. The standard InChI is InChI=1S/C18H15Cl2FN2O/c1-24-12-6-13(19)17(14(20)7-12)10-2-4-11(5-3-10)18-15(8-21)23-16(18)9-22/h2-7,15-16,18,23H,8H2,1H3/t15-,16-,18+/m0/s1. The molecule has 24 heavy (non-hydrogen) atoms. The molecule has 3 atom stereocenters. The van der Waals surface area contributed by atoms with Gasteiger partial charge in [-0.2, -0.15) is 5.26 Å². The molecule has 0 aliphatic carbocycles. The van der Waals surface area contributed by atoms with E-state index < -0.39 is 6.67 Å². The number of hydrogen-bond donors (Lipinski definition) is 1. The van der Waals surface area contributed by atoms with Gasteiger partial charge in [-0.3, -0.25) is 5.32 Å². The predicted molar refractivity (Wildman–Crippen MR) is 93.5 cm³/mol. The molecule has 1 N–H and O–H groups in total. The van der Waals surface area contributed by atoms with Gasteiger partial charge >= 0.3 is 0 Å². The van der Waals surface area contributed by atoms with Crippen LogP contribution in [0.15, 0.2) is 36.4 Å². The second-order valence-electron chi connectivity index (χ2n) is 5.65. The summed E-state index contributed by atoms with van der Waals surface area (Å²) < 4.78 is 18.1. The van der Waals surface area contributed by atoms with Crippen LogP contribution in [-0.2, 0) is 0 Å². The van der Waals surface area contributed by atoms with E-state index in [1.165, 1.54) is 0 Å². The summed E-state index contributed by atoms with van der Waals surface area (Å²) in [4.78, 5) is 0. The molecule has 0 radical (unpaired) electrons. The number of halogens is 3. The highest BCUT2D eigenvalue weighted by atomic mass is 35.5. The van der Waals surface area contributed by atoms with Crippen molar-refractivity contribution in [1.82, 2.24) is 5.32 Å². The average molecular weight is 365 g/mol. The average Bonchev–Trinajstić information content (AvgIpc) is 2.55. The number of ether oxygens (including phenoxy) is 1. The molecule has 6 heteroatoms. The highest BCUT2D eigenvalue weighted by Gasteiger charge is 2.41. The van der Waals surface area contributed by atoms with E-state index in [1.54, 1.807) is 19.2 Å². The van der Waals surface area contributed by atoms with Crippen molar-refractivity contribution in [2.75, 3.05) is 13.8 Å². The molecule has 124 valence electrons. The smallest absolute Gasteiger partial charge is 0.121 e. The van der Waals surface area contributed by atoms with Gasteiger partial charge in [-0.05, 0) is 23.3 Å². The van der Waals surface area contributed by atoms with Gasteiger partial charge < -0.3 is 4.74 Å². The third kappa shape index (κ3) is 2.95. The Morgan fingerprint density at radius 1 is 1.21 bits per heavy atom. The molecular formula is C18H15Cl2FN2O. The molecule has 1 heterocycles. The van der Waals surface area contributed by atoms with E-state index in [2.05, 4.69) is 11.4 Å². The molecule has 1 fully saturated rings. The number of benzene rings is 2. The zero-order valence-electron chi connectivity index (χ0n) is 12.9. The van der Waals surface area contributed by atoms with Crippen LogP contribution in [0, 0.1) is 11.3 Å². The van der Waals surface area contributed by atoms with Crippen molar-refractivity contribution in [3.63, 3.8) is 0 Å². The van der Waals surface area contributed by atoms with Crippen LogP contribution in [0.25, 0.3) is 11.1 Å². The number of nitrogens with zero attached hydrogens (tertiary/aromatic N) is 1. The topological polar surface area (TPSA) is 45.0 Å². The van der Waals surface area contributed by atoms with E-state index in [0.29, 0.717) is 15.8 Å². The molecule has 0 bridgehead atoms. The SMILES string of the molecule is COc1cc(Cl)c(-c2ccc([C@H]3[C@H](C#N)N[C@H]3CF)cc2)c(Cl)c1. The van der Waals surface area contributed by atoms with Crippen LogP contribution < -0.4 is 10.1 Å². The Morgan fingerprint density at radius 3 is 2.33 bits per heavy atom. The molecule has 3 rings (SSSR count). The van der Waals surface area contributed by atoms with Gasteiger partial charge in [0.2, 0.25) is 0 Å². The minimum absolute atomic E-state index is 0.143. The van der Waals surface area contributed by atoms with Crippen molar-refractivity contribution in [1.29, 1.82) is 5.26 Å². The van der Waals surface area contributed by atoms with Crippen molar-refractivity contribution in [2.45, 2.75) is 18.0 Å². The number of methoxy groups -OCH3 is 1. The lowest BCUT2D eigenvalue weighted by Gasteiger charge is -2.41. The second-order valence-corrected chi connectivity index (χ2v) is 6.46. The highest BCUT2D eigenvalue weighted by molar-refractivity contribution is 6.39. The summed E-state index contributed by atoms with van der Waals surface area (Å²) in [5.41, 5.74) is 2.50. The van der Waals surface area contributed by atoms with Gasteiger partial charge in [-0.15, -0.1) is 0 Å². The molecule has 1 saturated heterocycles. The van der Waals surface area contributed by atoms with Crippen molar-refractivity contribution >= 4 is 23.2 Å². The van der Waals surface area contributed by atoms with Gasteiger partial charge in [-0.25, -0.2) is 4.39 Å². The van der Waals surface area contributed by atoms with Crippen LogP contribution >= 0.6 is 23.2 Å². The normalized spacial score (nSPS) is 22.5. The van der Waals surface area contributed by atoms with E-state index in [-0.39, 0.29) is 18.0 Å². The van der Waals surface area contributed by atoms with E-state index >= 15 is 0 Å². The van der Waals surface area contributed by atoms with Crippen LogP contribution in [0.5, 0.6) is 5.75 Å². The third-order valence-electron chi connectivity index (χ3n) is 4.33. The van der Waals surface area contributed by atoms with Gasteiger partial charge in [0.25, 0.3) is 0 Å². The monoisotopic (exact) mass is 364 g/mol. The minimum Gasteiger partial charge on any atom is -0.497 e. The Balaban J connectivity index is 1.92. The van der Waals surface area contributed by atoms with E-state index in [1.807, 2.05) is 24.3 Å². The molecule has 1 aliphatic heterocycles. The molecule has 0 unspecified atom stereocenters. The largest absolute Gasteiger partial charge is 0.497 e. The lowest BCUT2D eigenvalue weighted by atomic mass is 9.78. The van der Waals surface area contributed by atoms with Crippen molar-refractivity contribution in [2.24, 2.45) is 0 Å². The van der Waals surface area contributed by atoms with Crippen LogP contribution in [0.4, 0.5) is 4.39 Å². The minimum atomic E-state index is -0.499. The number of rotatable bonds is 4. The quantitative estimate of drug-likeness (QED) is 0.862. The molecule has 2 aromatic rings. The maximum absolute atomic E-state index is 13.0. The first-order chi connectivity index (χ1) is 11.6. The third-order valence-corrected chi connectivity index (χ3v) is 4.92. The van der Waals surface area contributed by atoms with Gasteiger partial charge in [0.1, 0.15) is 18.5 Å². The Hall–Kier alpha value is -1.80. The molecule has 0 saturated carbocycles. The van der Waals surface area contributed by atoms with Crippen molar-refractivity contribution in [3.8, 4) is 22.9 Å². The lowest BCUT2D eigenvalue weighted by Crippen LogP contribution is -2.59. The summed E-state index contributed by atoms with van der Waals surface area (Å²) >= 11 is 12.6. The molecule has 1 aliphatic rings. The predicted octanol–water partition coefficient (Wildman–Crippen LogP) is 4.59. The van der Waals surface area contributed by atoms with E-state index in [9.17, 15) is 4.39 Å². The molecule has 0 spiro atoms. The summed E-state index contributed by atoms with van der Waals surface area (Å²) in [6.45, 7) is -0.499. The first-order valence-electron chi connectivity index (χ1n) is 7.44. The Labute approximate surface area is 150 Å². The first-order valence-corrected chi connectivity index (χ1v) is 8.19. The molecule has 0 aromatic heterocycles. The Morgan fingerprint density at radius 2 is 1.83 bits per heavy atom. The number of hydrogen-bond acceptors (Lipinski definition) is 3. The van der Waals surface area contributed by atoms with Gasteiger partial charge in [0, 0.05) is 17.5 Å².